The molecular weight excluding hydrogens is 496 g/mol. The predicted molar refractivity (Wildman–Crippen MR) is 162 cm³/mol. The van der Waals surface area contributed by atoms with E-state index in [0.29, 0.717) is 17.4 Å². The van der Waals surface area contributed by atoms with Gasteiger partial charge in [-0.3, -0.25) is 4.90 Å². The Bertz CT molecular complexity index is 1280. The maximum atomic E-state index is 10.3. The average Bonchev–Trinajstić information content (AvgIpc) is 3.77. The minimum absolute atomic E-state index is 0.272. The Morgan fingerprint density at radius 1 is 0.850 bits per heavy atom. The summed E-state index contributed by atoms with van der Waals surface area (Å²) in [4.78, 5) is 2.54. The molecule has 5 heteroatoms. The van der Waals surface area contributed by atoms with Crippen LogP contribution in [0.4, 0.5) is 5.69 Å². The van der Waals surface area contributed by atoms with Gasteiger partial charge in [-0.25, -0.2) is 0 Å². The lowest BCUT2D eigenvalue weighted by Gasteiger charge is -2.28. The molecule has 3 aromatic rings. The number of hydrogen-bond donors (Lipinski definition) is 3. The van der Waals surface area contributed by atoms with Crippen molar-refractivity contribution >= 4 is 5.69 Å². The molecule has 0 spiro atoms. The zero-order valence-corrected chi connectivity index (χ0v) is 23.7. The number of hydrogen-bond acceptors (Lipinski definition) is 5. The van der Waals surface area contributed by atoms with Crippen molar-refractivity contribution in [3.8, 4) is 17.2 Å². The van der Waals surface area contributed by atoms with E-state index in [1.807, 2.05) is 18.2 Å². The average molecular weight is 541 g/mol. The number of phenols is 2. The van der Waals surface area contributed by atoms with E-state index in [4.69, 9.17) is 4.74 Å². The highest BCUT2D eigenvalue weighted by atomic mass is 16.5. The first-order valence-electron chi connectivity index (χ1n) is 15.4. The number of fused-ring (bicyclic) bond motifs is 1. The molecule has 0 bridgehead atoms. The standard InChI is InChI=1S/C35H44N2O3/c38-30-10-9-27-21-29(8-7-28(27)22-30)33-14-11-31(39)23-34(33)36-25-35(15-16-35)24-26-5-12-32(13-6-26)40-20-19-37-17-3-1-2-4-18-37/h5-6,9-14,22-23,29,36,38-39H,1-4,7-8,15-21,24-25H2. The molecule has 0 aromatic heterocycles. The molecule has 2 fully saturated rings. The number of benzene rings is 3. The maximum Gasteiger partial charge on any atom is 0.119 e. The largest absolute Gasteiger partial charge is 0.508 e. The molecule has 5 nitrogen and oxygen atoms in total. The van der Waals surface area contributed by atoms with Crippen LogP contribution in [0.5, 0.6) is 17.2 Å². The third-order valence-corrected chi connectivity index (χ3v) is 9.38. The summed E-state index contributed by atoms with van der Waals surface area (Å²) >= 11 is 0. The Labute approximate surface area is 239 Å². The summed E-state index contributed by atoms with van der Waals surface area (Å²) in [6, 6.07) is 20.3. The Balaban J connectivity index is 1.03. The van der Waals surface area contributed by atoms with Gasteiger partial charge in [0, 0.05) is 24.8 Å². The van der Waals surface area contributed by atoms with E-state index < -0.39 is 0 Å². The lowest BCUT2D eigenvalue weighted by atomic mass is 9.79. The van der Waals surface area contributed by atoms with Crippen molar-refractivity contribution in [3.05, 3.63) is 82.9 Å². The molecule has 1 aliphatic heterocycles. The molecule has 40 heavy (non-hydrogen) atoms. The van der Waals surface area contributed by atoms with E-state index in [0.717, 1.165) is 56.8 Å². The summed E-state index contributed by atoms with van der Waals surface area (Å²) in [6.07, 6.45) is 11.9. The smallest absolute Gasteiger partial charge is 0.119 e. The molecule has 1 atom stereocenters. The number of aromatic hydroxyl groups is 2. The van der Waals surface area contributed by atoms with Gasteiger partial charge < -0.3 is 20.3 Å². The Morgan fingerprint density at radius 2 is 1.60 bits per heavy atom. The van der Waals surface area contributed by atoms with Gasteiger partial charge in [-0.15, -0.1) is 0 Å². The van der Waals surface area contributed by atoms with Crippen LogP contribution in [0.3, 0.4) is 0 Å². The molecule has 1 unspecified atom stereocenters. The van der Waals surface area contributed by atoms with Crippen molar-refractivity contribution in [2.45, 2.75) is 70.1 Å². The van der Waals surface area contributed by atoms with Gasteiger partial charge in [0.25, 0.3) is 0 Å². The lowest BCUT2D eigenvalue weighted by Crippen LogP contribution is -2.29. The number of nitrogens with zero attached hydrogens (tertiary/aromatic N) is 1. The number of phenolic OH excluding ortho intramolecular Hbond substituents is 2. The molecule has 3 aromatic carbocycles. The zero-order chi connectivity index (χ0) is 27.4. The number of anilines is 1. The number of rotatable bonds is 10. The van der Waals surface area contributed by atoms with E-state index in [1.54, 1.807) is 6.07 Å². The van der Waals surface area contributed by atoms with E-state index in [2.05, 4.69) is 46.6 Å². The zero-order valence-electron chi connectivity index (χ0n) is 23.7. The molecule has 1 heterocycles. The fourth-order valence-electron chi connectivity index (χ4n) is 6.72. The molecule has 1 saturated heterocycles. The third kappa shape index (κ3) is 6.75. The third-order valence-electron chi connectivity index (χ3n) is 9.38. The van der Waals surface area contributed by atoms with Gasteiger partial charge in [-0.1, -0.05) is 37.1 Å². The van der Waals surface area contributed by atoms with Gasteiger partial charge in [0.1, 0.15) is 23.9 Å². The van der Waals surface area contributed by atoms with Crippen molar-refractivity contribution in [1.82, 2.24) is 4.90 Å². The lowest BCUT2D eigenvalue weighted by molar-refractivity contribution is 0.214. The van der Waals surface area contributed by atoms with Gasteiger partial charge in [0.05, 0.1) is 0 Å². The topological polar surface area (TPSA) is 65.0 Å². The molecule has 0 radical (unpaired) electrons. The Hall–Kier alpha value is -3.18. The molecular formula is C35H44N2O3. The molecule has 2 aliphatic carbocycles. The predicted octanol–water partition coefficient (Wildman–Crippen LogP) is 7.06. The fraction of sp³-hybridized carbons (Fsp3) is 0.486. The summed E-state index contributed by atoms with van der Waals surface area (Å²) in [5.41, 5.74) is 6.56. The highest BCUT2D eigenvalue weighted by Gasteiger charge is 2.42. The van der Waals surface area contributed by atoms with E-state index in [-0.39, 0.29) is 5.41 Å². The second-order valence-electron chi connectivity index (χ2n) is 12.4. The molecule has 212 valence electrons. The normalized spacial score (nSPS) is 20.4. The van der Waals surface area contributed by atoms with Crippen LogP contribution in [0.25, 0.3) is 0 Å². The highest BCUT2D eigenvalue weighted by molar-refractivity contribution is 5.57. The number of nitrogens with one attached hydrogen (secondary N) is 1. The van der Waals surface area contributed by atoms with Crippen LogP contribution in [-0.2, 0) is 19.3 Å². The molecule has 6 rings (SSSR count). The van der Waals surface area contributed by atoms with Gasteiger partial charge in [0.15, 0.2) is 0 Å². The van der Waals surface area contributed by atoms with Crippen molar-refractivity contribution in [2.24, 2.45) is 5.41 Å². The van der Waals surface area contributed by atoms with Crippen LogP contribution in [0.2, 0.25) is 0 Å². The van der Waals surface area contributed by atoms with Gasteiger partial charge in [-0.2, -0.15) is 0 Å². The van der Waals surface area contributed by atoms with Crippen molar-refractivity contribution in [1.29, 1.82) is 0 Å². The summed E-state index contributed by atoms with van der Waals surface area (Å²) in [5.74, 6) is 2.03. The minimum atomic E-state index is 0.272. The van der Waals surface area contributed by atoms with Crippen LogP contribution < -0.4 is 10.1 Å². The number of likely N-dealkylation sites (tertiary alicyclic amines) is 1. The minimum Gasteiger partial charge on any atom is -0.508 e. The van der Waals surface area contributed by atoms with E-state index in [9.17, 15) is 10.2 Å². The van der Waals surface area contributed by atoms with E-state index in [1.165, 1.54) is 73.9 Å². The van der Waals surface area contributed by atoms with Gasteiger partial charge in [-0.05, 0) is 128 Å². The van der Waals surface area contributed by atoms with Crippen molar-refractivity contribution in [2.75, 3.05) is 38.1 Å². The number of ether oxygens (including phenoxy) is 1. The summed E-state index contributed by atoms with van der Waals surface area (Å²) in [6.45, 7) is 5.11. The summed E-state index contributed by atoms with van der Waals surface area (Å²) in [7, 11) is 0. The fourth-order valence-corrected chi connectivity index (χ4v) is 6.72. The van der Waals surface area contributed by atoms with Crippen molar-refractivity contribution in [3.63, 3.8) is 0 Å². The van der Waals surface area contributed by atoms with Crippen molar-refractivity contribution < 1.29 is 14.9 Å². The second-order valence-corrected chi connectivity index (χ2v) is 12.4. The van der Waals surface area contributed by atoms with Crippen LogP contribution in [0.1, 0.15) is 73.1 Å². The summed E-state index contributed by atoms with van der Waals surface area (Å²) in [5, 5.41) is 23.9. The second kappa shape index (κ2) is 12.1. The Morgan fingerprint density at radius 3 is 2.38 bits per heavy atom. The maximum absolute atomic E-state index is 10.3. The van der Waals surface area contributed by atoms with Crippen LogP contribution in [0.15, 0.2) is 60.7 Å². The molecule has 3 N–H and O–H groups in total. The molecule has 1 saturated carbocycles. The van der Waals surface area contributed by atoms with Crippen LogP contribution in [0, 0.1) is 5.41 Å². The highest BCUT2D eigenvalue weighted by Crippen LogP contribution is 2.49. The molecule has 3 aliphatic rings. The van der Waals surface area contributed by atoms with Gasteiger partial charge in [0.2, 0.25) is 0 Å². The van der Waals surface area contributed by atoms with E-state index >= 15 is 0 Å². The quantitative estimate of drug-likeness (QED) is 0.257. The SMILES string of the molecule is Oc1ccc2c(c1)CCC(c1ccc(O)cc1NCC1(Cc3ccc(OCCN4CCCCCC4)cc3)CC1)C2. The molecule has 0 amide bonds. The van der Waals surface area contributed by atoms with Crippen LogP contribution >= 0.6 is 0 Å². The van der Waals surface area contributed by atoms with Gasteiger partial charge >= 0.3 is 0 Å². The van der Waals surface area contributed by atoms with Crippen LogP contribution in [-0.4, -0.2) is 47.9 Å². The Kier molecular flexibility index (Phi) is 8.20. The first-order valence-corrected chi connectivity index (χ1v) is 15.4. The first kappa shape index (κ1) is 27.0. The monoisotopic (exact) mass is 540 g/mol. The number of aryl methyl sites for hydroxylation is 1. The first-order chi connectivity index (χ1) is 19.6. The summed E-state index contributed by atoms with van der Waals surface area (Å²) < 4.78 is 6.08.